The number of hydrogen-bond acceptors (Lipinski definition) is 2. The summed E-state index contributed by atoms with van der Waals surface area (Å²) < 4.78 is 4.92. The average molecular weight is 171 g/mol. The summed E-state index contributed by atoms with van der Waals surface area (Å²) in [6.45, 7) is 0. The van der Waals surface area contributed by atoms with Gasteiger partial charge in [0.15, 0.2) is 0 Å². The first-order valence-electron chi connectivity index (χ1n) is 3.04. The minimum Gasteiger partial charge on any atom is -0.481 e. The number of halogens is 1. The highest BCUT2D eigenvalue weighted by Crippen LogP contribution is 2.22. The maximum atomic E-state index is 8.89. The van der Waals surface area contributed by atoms with E-state index in [0.29, 0.717) is 0 Å². The van der Waals surface area contributed by atoms with E-state index >= 15 is 0 Å². The van der Waals surface area contributed by atoms with Crippen LogP contribution in [-0.4, -0.2) is 5.11 Å². The second-order valence-electron chi connectivity index (χ2n) is 2.12. The maximum absolute atomic E-state index is 8.89. The summed E-state index contributed by atoms with van der Waals surface area (Å²) in [7, 11) is 0. The normalized spacial score (nSPS) is 9.45. The lowest BCUT2D eigenvalue weighted by Crippen LogP contribution is -1.57. The Bertz CT molecular complexity index is 321. The standard InChI is InChI=1S/C8H6O2.ClH/c9-8-5-6-3-1-2-4-7(6)10-8;/h1-5,9H;1H. The first kappa shape index (κ1) is 7.95. The number of furan rings is 1. The van der Waals surface area contributed by atoms with Gasteiger partial charge in [-0.25, -0.2) is 0 Å². The molecule has 11 heavy (non-hydrogen) atoms. The Morgan fingerprint density at radius 2 is 1.91 bits per heavy atom. The summed E-state index contributed by atoms with van der Waals surface area (Å²) >= 11 is 0. The van der Waals surface area contributed by atoms with Gasteiger partial charge in [-0.3, -0.25) is 0 Å². The van der Waals surface area contributed by atoms with Gasteiger partial charge in [0.2, 0.25) is 0 Å². The Hall–Kier alpha value is -1.15. The predicted octanol–water partition coefficient (Wildman–Crippen LogP) is 2.56. The molecule has 2 aromatic rings. The maximum Gasteiger partial charge on any atom is 0.282 e. The third kappa shape index (κ3) is 1.30. The predicted molar refractivity (Wildman–Crippen MR) is 45.1 cm³/mol. The minimum absolute atomic E-state index is 0. The molecule has 0 spiro atoms. The van der Waals surface area contributed by atoms with Crippen LogP contribution in [0.2, 0.25) is 0 Å². The fourth-order valence-corrected chi connectivity index (χ4v) is 0.968. The third-order valence-corrected chi connectivity index (χ3v) is 1.41. The lowest BCUT2D eigenvalue weighted by atomic mass is 10.3. The van der Waals surface area contributed by atoms with Crippen LogP contribution in [-0.2, 0) is 0 Å². The zero-order valence-corrected chi connectivity index (χ0v) is 6.47. The lowest BCUT2D eigenvalue weighted by Gasteiger charge is -1.81. The smallest absolute Gasteiger partial charge is 0.282 e. The van der Waals surface area contributed by atoms with Gasteiger partial charge in [0.05, 0.1) is 0 Å². The van der Waals surface area contributed by atoms with E-state index in [1.165, 1.54) is 0 Å². The molecule has 3 heteroatoms. The van der Waals surface area contributed by atoms with Crippen molar-refractivity contribution in [2.45, 2.75) is 0 Å². The summed E-state index contributed by atoms with van der Waals surface area (Å²) in [6, 6.07) is 9.06. The number of rotatable bonds is 0. The molecular formula is C8H7ClO2. The molecule has 0 radical (unpaired) electrons. The number of fused-ring (bicyclic) bond motifs is 1. The van der Waals surface area contributed by atoms with Crippen molar-refractivity contribution in [3.63, 3.8) is 0 Å². The van der Waals surface area contributed by atoms with Crippen molar-refractivity contribution in [2.24, 2.45) is 0 Å². The molecule has 0 amide bonds. The van der Waals surface area contributed by atoms with Gasteiger partial charge in [-0.05, 0) is 6.07 Å². The molecule has 58 valence electrons. The van der Waals surface area contributed by atoms with Crippen molar-refractivity contribution in [1.29, 1.82) is 0 Å². The molecule has 2 rings (SSSR count). The number of hydrogen-bond donors (Lipinski definition) is 1. The molecule has 2 nitrogen and oxygen atoms in total. The molecule has 0 fully saturated rings. The summed E-state index contributed by atoms with van der Waals surface area (Å²) in [6.07, 6.45) is 0. The van der Waals surface area contributed by atoms with E-state index in [1.807, 2.05) is 24.3 Å². The van der Waals surface area contributed by atoms with Gasteiger partial charge in [-0.15, -0.1) is 12.4 Å². The monoisotopic (exact) mass is 170 g/mol. The molecule has 1 N–H and O–H groups in total. The minimum atomic E-state index is -0.0267. The van der Waals surface area contributed by atoms with Crippen LogP contribution in [0.25, 0.3) is 11.0 Å². The lowest BCUT2D eigenvalue weighted by molar-refractivity contribution is 0.346. The molecule has 1 heterocycles. The van der Waals surface area contributed by atoms with E-state index in [-0.39, 0.29) is 18.4 Å². The van der Waals surface area contributed by atoms with Crippen molar-refractivity contribution in [3.05, 3.63) is 30.3 Å². The molecule has 0 aliphatic rings. The molecule has 0 aliphatic heterocycles. The third-order valence-electron chi connectivity index (χ3n) is 1.41. The first-order chi connectivity index (χ1) is 4.86. The first-order valence-corrected chi connectivity index (χ1v) is 3.04. The SMILES string of the molecule is Cl.Oc1cc2ccccc2o1. The summed E-state index contributed by atoms with van der Waals surface area (Å²) in [5.41, 5.74) is 0.722. The van der Waals surface area contributed by atoms with Gasteiger partial charge in [0, 0.05) is 11.5 Å². The van der Waals surface area contributed by atoms with Crippen LogP contribution < -0.4 is 0 Å². The van der Waals surface area contributed by atoms with E-state index in [9.17, 15) is 0 Å². The van der Waals surface area contributed by atoms with Gasteiger partial charge < -0.3 is 9.52 Å². The highest BCUT2D eigenvalue weighted by Gasteiger charge is 1.97. The van der Waals surface area contributed by atoms with E-state index < -0.39 is 0 Å². The number of aromatic hydroxyl groups is 1. The van der Waals surface area contributed by atoms with Gasteiger partial charge in [-0.1, -0.05) is 18.2 Å². The van der Waals surface area contributed by atoms with Crippen LogP contribution >= 0.6 is 12.4 Å². The second kappa shape index (κ2) is 2.84. The fraction of sp³-hybridized carbons (Fsp3) is 0. The van der Waals surface area contributed by atoms with E-state index in [2.05, 4.69) is 0 Å². The van der Waals surface area contributed by atoms with Gasteiger partial charge in [-0.2, -0.15) is 0 Å². The van der Waals surface area contributed by atoms with Gasteiger partial charge in [0.1, 0.15) is 5.58 Å². The van der Waals surface area contributed by atoms with Crippen molar-refractivity contribution in [2.75, 3.05) is 0 Å². The summed E-state index contributed by atoms with van der Waals surface area (Å²) in [4.78, 5) is 0. The Morgan fingerprint density at radius 3 is 2.64 bits per heavy atom. The van der Waals surface area contributed by atoms with Crippen LogP contribution in [0.5, 0.6) is 5.95 Å². The van der Waals surface area contributed by atoms with Gasteiger partial charge in [0.25, 0.3) is 5.95 Å². The largest absolute Gasteiger partial charge is 0.481 e. The Balaban J connectivity index is 0.000000605. The van der Waals surface area contributed by atoms with Gasteiger partial charge >= 0.3 is 0 Å². The molecule has 0 aliphatic carbocycles. The van der Waals surface area contributed by atoms with Crippen LogP contribution in [0.1, 0.15) is 0 Å². The Morgan fingerprint density at radius 1 is 1.18 bits per heavy atom. The molecule has 1 aromatic heterocycles. The van der Waals surface area contributed by atoms with E-state index in [1.54, 1.807) is 6.07 Å². The Kier molecular flexibility index (Phi) is 2.06. The van der Waals surface area contributed by atoms with Crippen molar-refractivity contribution in [1.82, 2.24) is 0 Å². The topological polar surface area (TPSA) is 33.4 Å². The second-order valence-corrected chi connectivity index (χ2v) is 2.12. The molecule has 0 atom stereocenters. The summed E-state index contributed by atoms with van der Waals surface area (Å²) in [5, 5.41) is 9.82. The van der Waals surface area contributed by atoms with E-state index in [4.69, 9.17) is 9.52 Å². The highest BCUT2D eigenvalue weighted by atomic mass is 35.5. The number of benzene rings is 1. The van der Waals surface area contributed by atoms with Crippen molar-refractivity contribution in [3.8, 4) is 5.95 Å². The zero-order valence-electron chi connectivity index (χ0n) is 5.65. The van der Waals surface area contributed by atoms with Crippen LogP contribution in [0, 0.1) is 0 Å². The fourth-order valence-electron chi connectivity index (χ4n) is 0.968. The van der Waals surface area contributed by atoms with Crippen molar-refractivity contribution < 1.29 is 9.52 Å². The van der Waals surface area contributed by atoms with Crippen LogP contribution in [0.15, 0.2) is 34.7 Å². The molecule has 0 saturated carbocycles. The molecule has 0 saturated heterocycles. The van der Waals surface area contributed by atoms with E-state index in [0.717, 1.165) is 11.0 Å². The molecule has 0 unspecified atom stereocenters. The molecular weight excluding hydrogens is 164 g/mol. The average Bonchev–Trinajstić information content (AvgIpc) is 2.27. The molecule has 0 bridgehead atoms. The van der Waals surface area contributed by atoms with Crippen LogP contribution in [0.3, 0.4) is 0 Å². The van der Waals surface area contributed by atoms with Crippen molar-refractivity contribution >= 4 is 23.4 Å². The summed E-state index contributed by atoms with van der Waals surface area (Å²) in [5.74, 6) is -0.0267. The zero-order chi connectivity index (χ0) is 6.97. The van der Waals surface area contributed by atoms with Crippen LogP contribution in [0.4, 0.5) is 0 Å². The Labute approximate surface area is 69.9 Å². The molecule has 1 aromatic carbocycles. The highest BCUT2D eigenvalue weighted by molar-refractivity contribution is 5.85. The quantitative estimate of drug-likeness (QED) is 0.659. The number of para-hydroxylation sites is 1.